The first-order valence-corrected chi connectivity index (χ1v) is 9.17. The lowest BCUT2D eigenvalue weighted by Crippen LogP contribution is -2.45. The van der Waals surface area contributed by atoms with Crippen molar-refractivity contribution in [1.82, 2.24) is 16.0 Å². The number of aliphatic imine (C=N–C) groups is 1. The van der Waals surface area contributed by atoms with Gasteiger partial charge < -0.3 is 20.9 Å². The number of nitrogens with zero attached hydrogens (tertiary/aromatic N) is 2. The van der Waals surface area contributed by atoms with Gasteiger partial charge in [-0.1, -0.05) is 15.9 Å². The number of amides is 1. The van der Waals surface area contributed by atoms with E-state index in [0.29, 0.717) is 19.1 Å². The van der Waals surface area contributed by atoms with Crippen LogP contribution in [0.5, 0.6) is 0 Å². The number of nitrogens with one attached hydrogen (secondary N) is 3. The minimum atomic E-state index is -0.0240. The lowest BCUT2D eigenvalue weighted by atomic mass is 10.3. The van der Waals surface area contributed by atoms with E-state index < -0.39 is 0 Å². The number of rotatable bonds is 6. The van der Waals surface area contributed by atoms with Crippen LogP contribution in [0.3, 0.4) is 0 Å². The molecule has 140 valence electrons. The molecule has 0 radical (unpaired) electrons. The molecule has 25 heavy (non-hydrogen) atoms. The molecule has 0 aromatic heterocycles. The molecule has 0 bridgehead atoms. The number of hydrogen-bond donors (Lipinski definition) is 3. The van der Waals surface area contributed by atoms with Crippen molar-refractivity contribution in [3.8, 4) is 0 Å². The van der Waals surface area contributed by atoms with Crippen LogP contribution in [0.1, 0.15) is 20.3 Å². The summed E-state index contributed by atoms with van der Waals surface area (Å²) in [6, 6.07) is 8.79. The van der Waals surface area contributed by atoms with Crippen LogP contribution in [-0.2, 0) is 4.79 Å². The van der Waals surface area contributed by atoms with Gasteiger partial charge in [0.25, 0.3) is 0 Å². The third-order valence-corrected chi connectivity index (χ3v) is 4.35. The average molecular weight is 524 g/mol. The van der Waals surface area contributed by atoms with Gasteiger partial charge in [-0.05, 0) is 37.6 Å². The third kappa shape index (κ3) is 7.81. The Hall–Kier alpha value is -1.03. The Balaban J connectivity index is 0.00000312. The van der Waals surface area contributed by atoms with Crippen LogP contribution >= 0.6 is 39.9 Å². The number of halogens is 2. The maximum Gasteiger partial charge on any atom is 0.216 e. The number of carbonyl (C=O) groups is 1. The second-order valence-electron chi connectivity index (χ2n) is 5.80. The van der Waals surface area contributed by atoms with Gasteiger partial charge in [-0.3, -0.25) is 9.79 Å². The fraction of sp³-hybridized carbons (Fsp3) is 0.529. The van der Waals surface area contributed by atoms with Gasteiger partial charge in [-0.15, -0.1) is 24.0 Å². The molecular formula is C17H27BrIN5O. The highest BCUT2D eigenvalue weighted by molar-refractivity contribution is 14.0. The summed E-state index contributed by atoms with van der Waals surface area (Å²) in [5.74, 6) is 0.787. The van der Waals surface area contributed by atoms with E-state index in [-0.39, 0.29) is 29.9 Å². The van der Waals surface area contributed by atoms with Crippen molar-refractivity contribution in [3.63, 3.8) is 0 Å². The summed E-state index contributed by atoms with van der Waals surface area (Å²) in [6.45, 7) is 7.49. The van der Waals surface area contributed by atoms with Crippen LogP contribution in [-0.4, -0.2) is 50.6 Å². The van der Waals surface area contributed by atoms with E-state index in [1.165, 1.54) is 12.6 Å². The lowest BCUT2D eigenvalue weighted by Gasteiger charge is -2.20. The molecule has 2 rings (SSSR count). The zero-order chi connectivity index (χ0) is 17.4. The molecule has 1 heterocycles. The van der Waals surface area contributed by atoms with Gasteiger partial charge in [0.2, 0.25) is 5.91 Å². The van der Waals surface area contributed by atoms with Gasteiger partial charge in [-0.25, -0.2) is 0 Å². The molecule has 1 aliphatic rings. The van der Waals surface area contributed by atoms with E-state index in [9.17, 15) is 4.79 Å². The highest BCUT2D eigenvalue weighted by Gasteiger charge is 2.23. The molecule has 1 amide bonds. The number of carbonyl (C=O) groups excluding carboxylic acids is 1. The monoisotopic (exact) mass is 523 g/mol. The van der Waals surface area contributed by atoms with E-state index in [0.717, 1.165) is 36.5 Å². The molecule has 1 aromatic carbocycles. The zero-order valence-electron chi connectivity index (χ0n) is 14.7. The Morgan fingerprint density at radius 2 is 2.04 bits per heavy atom. The minimum Gasteiger partial charge on any atom is -0.369 e. The van der Waals surface area contributed by atoms with Gasteiger partial charge in [0.05, 0.1) is 6.54 Å². The van der Waals surface area contributed by atoms with Crippen LogP contribution in [0.15, 0.2) is 33.7 Å². The molecule has 1 aromatic rings. The SMILES string of the molecule is CCNC(=NCCNC(C)=O)NC1CCN(c2ccc(Br)cc2)C1.I. The van der Waals surface area contributed by atoms with Crippen LogP contribution in [0.25, 0.3) is 0 Å². The summed E-state index contributed by atoms with van der Waals surface area (Å²) in [5.41, 5.74) is 1.25. The Morgan fingerprint density at radius 3 is 2.68 bits per heavy atom. The lowest BCUT2D eigenvalue weighted by molar-refractivity contribution is -0.118. The van der Waals surface area contributed by atoms with Crippen molar-refractivity contribution in [2.45, 2.75) is 26.3 Å². The highest BCUT2D eigenvalue weighted by atomic mass is 127. The van der Waals surface area contributed by atoms with E-state index in [2.05, 4.69) is 66.0 Å². The first kappa shape index (κ1) is 22.0. The Labute approximate surface area is 175 Å². The van der Waals surface area contributed by atoms with Crippen LogP contribution in [0.2, 0.25) is 0 Å². The van der Waals surface area contributed by atoms with Crippen molar-refractivity contribution in [3.05, 3.63) is 28.7 Å². The minimum absolute atomic E-state index is 0. The maximum absolute atomic E-state index is 10.9. The van der Waals surface area contributed by atoms with E-state index in [1.54, 1.807) is 0 Å². The summed E-state index contributed by atoms with van der Waals surface area (Å²) in [4.78, 5) is 17.8. The second kappa shape index (κ2) is 11.6. The van der Waals surface area contributed by atoms with E-state index >= 15 is 0 Å². The molecule has 1 aliphatic heterocycles. The van der Waals surface area contributed by atoms with Crippen molar-refractivity contribution < 1.29 is 4.79 Å². The predicted octanol–water partition coefficient (Wildman–Crippen LogP) is 2.34. The summed E-state index contributed by atoms with van der Waals surface area (Å²) in [5, 5.41) is 9.51. The maximum atomic E-state index is 10.9. The first-order chi connectivity index (χ1) is 11.6. The number of benzene rings is 1. The normalized spacial score (nSPS) is 17.0. The molecule has 3 N–H and O–H groups in total. The van der Waals surface area contributed by atoms with Crippen molar-refractivity contribution in [2.24, 2.45) is 4.99 Å². The molecule has 1 fully saturated rings. The first-order valence-electron chi connectivity index (χ1n) is 8.38. The number of hydrogen-bond acceptors (Lipinski definition) is 3. The topological polar surface area (TPSA) is 68.8 Å². The van der Waals surface area contributed by atoms with Gasteiger partial charge in [0.15, 0.2) is 5.96 Å². The molecule has 0 saturated carbocycles. The van der Waals surface area contributed by atoms with Gasteiger partial charge in [-0.2, -0.15) is 0 Å². The highest BCUT2D eigenvalue weighted by Crippen LogP contribution is 2.22. The van der Waals surface area contributed by atoms with Crippen LogP contribution in [0.4, 0.5) is 5.69 Å². The molecule has 0 aliphatic carbocycles. The second-order valence-corrected chi connectivity index (χ2v) is 6.71. The molecule has 6 nitrogen and oxygen atoms in total. The average Bonchev–Trinajstić information content (AvgIpc) is 3.00. The summed E-state index contributed by atoms with van der Waals surface area (Å²) >= 11 is 3.47. The largest absolute Gasteiger partial charge is 0.369 e. The summed E-state index contributed by atoms with van der Waals surface area (Å²) in [7, 11) is 0. The van der Waals surface area contributed by atoms with Crippen molar-refractivity contribution >= 4 is 57.5 Å². The quantitative estimate of drug-likeness (QED) is 0.232. The molecule has 1 unspecified atom stereocenters. The van der Waals surface area contributed by atoms with Gasteiger partial charge >= 0.3 is 0 Å². The van der Waals surface area contributed by atoms with Crippen LogP contribution < -0.4 is 20.9 Å². The fourth-order valence-corrected chi connectivity index (χ4v) is 2.94. The number of guanidine groups is 1. The molecular weight excluding hydrogens is 497 g/mol. The molecule has 0 spiro atoms. The smallest absolute Gasteiger partial charge is 0.216 e. The zero-order valence-corrected chi connectivity index (χ0v) is 18.6. The Morgan fingerprint density at radius 1 is 1.32 bits per heavy atom. The van der Waals surface area contributed by atoms with Crippen LogP contribution in [0, 0.1) is 0 Å². The third-order valence-electron chi connectivity index (χ3n) is 3.82. The Kier molecular flexibility index (Phi) is 10.2. The summed E-state index contributed by atoms with van der Waals surface area (Å²) < 4.78 is 1.10. The van der Waals surface area contributed by atoms with E-state index in [4.69, 9.17) is 0 Å². The van der Waals surface area contributed by atoms with Gasteiger partial charge in [0.1, 0.15) is 0 Å². The fourth-order valence-electron chi connectivity index (χ4n) is 2.68. The molecule has 1 atom stereocenters. The Bertz CT molecular complexity index is 567. The predicted molar refractivity (Wildman–Crippen MR) is 118 cm³/mol. The standard InChI is InChI=1S/C17H26BrN5O.HI/c1-3-19-17(21-10-9-20-13(2)24)22-15-8-11-23(12-15)16-6-4-14(18)5-7-16;/h4-7,15H,3,8-12H2,1-2H3,(H,20,24)(H2,19,21,22);1H. The van der Waals surface area contributed by atoms with Crippen molar-refractivity contribution in [1.29, 1.82) is 0 Å². The van der Waals surface area contributed by atoms with Gasteiger partial charge in [0, 0.05) is 49.3 Å². The number of anilines is 1. The molecule has 8 heteroatoms. The van der Waals surface area contributed by atoms with Crippen molar-refractivity contribution in [2.75, 3.05) is 37.6 Å². The summed E-state index contributed by atoms with van der Waals surface area (Å²) in [6.07, 6.45) is 1.08. The molecule has 1 saturated heterocycles. The van der Waals surface area contributed by atoms with E-state index in [1.807, 2.05) is 6.92 Å².